The summed E-state index contributed by atoms with van der Waals surface area (Å²) in [5, 5.41) is 9.39. The van der Waals surface area contributed by atoms with E-state index in [2.05, 4.69) is 0 Å². The Kier molecular flexibility index (Phi) is 4.66. The first-order valence-corrected chi connectivity index (χ1v) is 7.12. The number of allylic oxidation sites excluding steroid dienone is 2. The Balaban J connectivity index is 2.53. The summed E-state index contributed by atoms with van der Waals surface area (Å²) >= 11 is 0. The van der Waals surface area contributed by atoms with Crippen molar-refractivity contribution >= 4 is 11.5 Å². The van der Waals surface area contributed by atoms with Crippen LogP contribution in [0.5, 0.6) is 0 Å². The molecular weight excluding hydrogens is 309 g/mol. The molecule has 124 valence electrons. The second-order valence-electron chi connectivity index (χ2n) is 5.63. The Morgan fingerprint density at radius 3 is 2.35 bits per heavy atom. The first-order valence-electron chi connectivity index (χ1n) is 7.12. The minimum atomic E-state index is -4.71. The van der Waals surface area contributed by atoms with Gasteiger partial charge in [-0.3, -0.25) is 0 Å². The minimum absolute atomic E-state index is 0.269. The number of carboxylic acids is 1. The highest BCUT2D eigenvalue weighted by molar-refractivity contribution is 6.00. The van der Waals surface area contributed by atoms with Crippen LogP contribution in [0.4, 0.5) is 13.2 Å². The van der Waals surface area contributed by atoms with E-state index in [9.17, 15) is 23.1 Å². The van der Waals surface area contributed by atoms with Gasteiger partial charge < -0.3 is 9.84 Å². The summed E-state index contributed by atoms with van der Waals surface area (Å²) < 4.78 is 45.7. The highest BCUT2D eigenvalue weighted by Gasteiger charge is 2.57. The van der Waals surface area contributed by atoms with Gasteiger partial charge in [0.2, 0.25) is 0 Å². The predicted octanol–water partition coefficient (Wildman–Crippen LogP) is 4.21. The number of alkyl halides is 3. The number of benzene rings is 1. The molecule has 2 rings (SSSR count). The van der Waals surface area contributed by atoms with Crippen molar-refractivity contribution in [1.29, 1.82) is 0 Å². The molecule has 6 heteroatoms. The standard InChI is InChI=1S/C17H17F3O3/c1-11(2)23-16(17(18,19)20)9-8-13(14(10-16)15(21)22)12-6-4-3-5-7-12/h3-9,11H,10H2,1-2H3,(H,21,22). The molecule has 1 unspecified atom stereocenters. The van der Waals surface area contributed by atoms with Crippen LogP contribution >= 0.6 is 0 Å². The van der Waals surface area contributed by atoms with E-state index in [1.807, 2.05) is 0 Å². The van der Waals surface area contributed by atoms with Crippen molar-refractivity contribution in [3.63, 3.8) is 0 Å². The number of aliphatic carboxylic acids is 1. The molecule has 0 spiro atoms. The molecule has 1 N–H and O–H groups in total. The smallest absolute Gasteiger partial charge is 0.421 e. The van der Waals surface area contributed by atoms with Crippen molar-refractivity contribution in [1.82, 2.24) is 0 Å². The van der Waals surface area contributed by atoms with Crippen molar-refractivity contribution in [2.45, 2.75) is 38.1 Å². The zero-order valence-corrected chi connectivity index (χ0v) is 12.7. The van der Waals surface area contributed by atoms with Gasteiger partial charge in [-0.15, -0.1) is 0 Å². The molecule has 1 atom stereocenters. The maximum Gasteiger partial charge on any atom is 0.421 e. The van der Waals surface area contributed by atoms with Gasteiger partial charge >= 0.3 is 12.1 Å². The normalized spacial score (nSPS) is 21.8. The van der Waals surface area contributed by atoms with Crippen molar-refractivity contribution < 1.29 is 27.8 Å². The van der Waals surface area contributed by atoms with Crippen LogP contribution in [-0.2, 0) is 9.53 Å². The monoisotopic (exact) mass is 326 g/mol. The number of rotatable bonds is 4. The lowest BCUT2D eigenvalue weighted by molar-refractivity contribution is -0.267. The molecule has 0 aliphatic heterocycles. The quantitative estimate of drug-likeness (QED) is 0.901. The number of carboxylic acid groups (broad SMARTS) is 1. The topological polar surface area (TPSA) is 46.5 Å². The van der Waals surface area contributed by atoms with E-state index in [0.717, 1.165) is 6.08 Å². The van der Waals surface area contributed by atoms with Crippen LogP contribution in [-0.4, -0.2) is 29.0 Å². The molecule has 0 saturated carbocycles. The van der Waals surface area contributed by atoms with E-state index in [1.165, 1.54) is 19.9 Å². The van der Waals surface area contributed by atoms with Crippen LogP contribution in [0.3, 0.4) is 0 Å². The van der Waals surface area contributed by atoms with Gasteiger partial charge in [0, 0.05) is 12.0 Å². The zero-order valence-electron chi connectivity index (χ0n) is 12.7. The molecule has 1 aliphatic carbocycles. The van der Waals surface area contributed by atoms with Gasteiger partial charge in [-0.05, 0) is 31.1 Å². The highest BCUT2D eigenvalue weighted by Crippen LogP contribution is 2.45. The molecule has 0 radical (unpaired) electrons. The molecule has 1 aliphatic rings. The van der Waals surface area contributed by atoms with Crippen molar-refractivity contribution in [3.05, 3.63) is 53.6 Å². The Hall–Kier alpha value is -2.08. The van der Waals surface area contributed by atoms with Crippen LogP contribution in [0, 0.1) is 0 Å². The second kappa shape index (κ2) is 6.20. The Morgan fingerprint density at radius 1 is 1.26 bits per heavy atom. The number of hydrogen-bond acceptors (Lipinski definition) is 2. The highest BCUT2D eigenvalue weighted by atomic mass is 19.4. The SMILES string of the molecule is CC(C)OC1(C(F)(F)F)C=CC(c2ccccc2)=C(C(=O)O)C1. The first-order chi connectivity index (χ1) is 10.7. The maximum atomic E-state index is 13.5. The third kappa shape index (κ3) is 3.47. The molecule has 0 heterocycles. The molecule has 1 aromatic carbocycles. The van der Waals surface area contributed by atoms with Crippen LogP contribution in [0.1, 0.15) is 25.8 Å². The third-order valence-electron chi connectivity index (χ3n) is 3.55. The summed E-state index contributed by atoms with van der Waals surface area (Å²) in [5.41, 5.74) is -2.10. The molecule has 1 aromatic rings. The summed E-state index contributed by atoms with van der Waals surface area (Å²) in [6.45, 7) is 2.97. The molecule has 0 fully saturated rings. The summed E-state index contributed by atoms with van der Waals surface area (Å²) in [6, 6.07) is 8.47. The number of halogens is 3. The van der Waals surface area contributed by atoms with Crippen LogP contribution in [0.2, 0.25) is 0 Å². The van der Waals surface area contributed by atoms with Gasteiger partial charge in [-0.1, -0.05) is 36.4 Å². The van der Waals surface area contributed by atoms with Gasteiger partial charge in [-0.2, -0.15) is 13.2 Å². The molecule has 0 saturated heterocycles. The number of hydrogen-bond donors (Lipinski definition) is 1. The Labute approximate surface area is 132 Å². The van der Waals surface area contributed by atoms with E-state index < -0.39 is 30.3 Å². The van der Waals surface area contributed by atoms with Gasteiger partial charge in [0.15, 0.2) is 5.60 Å². The lowest BCUT2D eigenvalue weighted by atomic mass is 9.82. The van der Waals surface area contributed by atoms with Gasteiger partial charge in [0.25, 0.3) is 0 Å². The summed E-state index contributed by atoms with van der Waals surface area (Å²) in [5.74, 6) is -1.38. The van der Waals surface area contributed by atoms with Crippen molar-refractivity contribution in [2.24, 2.45) is 0 Å². The van der Waals surface area contributed by atoms with E-state index in [-0.39, 0.29) is 11.1 Å². The fourth-order valence-electron chi connectivity index (χ4n) is 2.58. The fraction of sp³-hybridized carbons (Fsp3) is 0.353. The Bertz CT molecular complexity index is 645. The minimum Gasteiger partial charge on any atom is -0.478 e. The van der Waals surface area contributed by atoms with E-state index >= 15 is 0 Å². The van der Waals surface area contributed by atoms with E-state index in [0.29, 0.717) is 5.56 Å². The average molecular weight is 326 g/mol. The molecule has 23 heavy (non-hydrogen) atoms. The summed E-state index contributed by atoms with van der Waals surface area (Å²) in [6.07, 6.45) is -4.06. The first kappa shape index (κ1) is 17.3. The predicted molar refractivity (Wildman–Crippen MR) is 79.8 cm³/mol. The zero-order chi connectivity index (χ0) is 17.3. The van der Waals surface area contributed by atoms with Gasteiger partial charge in [-0.25, -0.2) is 4.79 Å². The third-order valence-corrected chi connectivity index (χ3v) is 3.55. The van der Waals surface area contributed by atoms with Crippen LogP contribution < -0.4 is 0 Å². The van der Waals surface area contributed by atoms with E-state index in [1.54, 1.807) is 30.3 Å². The molecule has 3 nitrogen and oxygen atoms in total. The van der Waals surface area contributed by atoms with Gasteiger partial charge in [0.05, 0.1) is 6.10 Å². The largest absolute Gasteiger partial charge is 0.478 e. The lowest BCUT2D eigenvalue weighted by Gasteiger charge is -2.37. The van der Waals surface area contributed by atoms with Crippen molar-refractivity contribution in [2.75, 3.05) is 0 Å². The summed E-state index contributed by atoms with van der Waals surface area (Å²) in [4.78, 5) is 11.5. The lowest BCUT2D eigenvalue weighted by Crippen LogP contribution is -2.49. The van der Waals surface area contributed by atoms with Gasteiger partial charge in [0.1, 0.15) is 0 Å². The number of carbonyl (C=O) groups is 1. The van der Waals surface area contributed by atoms with Crippen LogP contribution in [0.15, 0.2) is 48.1 Å². The molecule has 0 amide bonds. The van der Waals surface area contributed by atoms with E-state index in [4.69, 9.17) is 4.74 Å². The molecule has 0 bridgehead atoms. The average Bonchev–Trinajstić information content (AvgIpc) is 2.46. The Morgan fingerprint density at radius 2 is 1.87 bits per heavy atom. The summed E-state index contributed by atoms with van der Waals surface area (Å²) in [7, 11) is 0. The number of ether oxygens (including phenoxy) is 1. The van der Waals surface area contributed by atoms with Crippen molar-refractivity contribution in [3.8, 4) is 0 Å². The molecule has 0 aromatic heterocycles. The molecular formula is C17H17F3O3. The maximum absolute atomic E-state index is 13.5. The fourth-order valence-corrected chi connectivity index (χ4v) is 2.58. The van der Waals surface area contributed by atoms with Crippen LogP contribution in [0.25, 0.3) is 5.57 Å². The second-order valence-corrected chi connectivity index (χ2v) is 5.63.